The number of carbonyl (C=O) groups is 2. The molecule has 2 aromatic carbocycles. The third-order valence-electron chi connectivity index (χ3n) is 4.68. The van der Waals surface area contributed by atoms with Gasteiger partial charge in [-0.1, -0.05) is 19.1 Å². The van der Waals surface area contributed by atoms with Crippen LogP contribution in [0.5, 0.6) is 17.2 Å². The number of hydrogen-bond acceptors (Lipinski definition) is 6. The zero-order chi connectivity index (χ0) is 21.3. The summed E-state index contributed by atoms with van der Waals surface area (Å²) in [5, 5.41) is 5.71. The smallest absolute Gasteiger partial charge is 0.238 e. The van der Waals surface area contributed by atoms with Crippen LogP contribution in [0.4, 0.5) is 11.4 Å². The number of nitrogens with zero attached hydrogens (tertiary/aromatic N) is 1. The van der Waals surface area contributed by atoms with E-state index in [1.165, 1.54) is 0 Å². The Labute approximate surface area is 176 Å². The van der Waals surface area contributed by atoms with E-state index in [0.717, 1.165) is 0 Å². The molecule has 0 saturated heterocycles. The molecule has 0 fully saturated rings. The Hall–Kier alpha value is -3.26. The van der Waals surface area contributed by atoms with Gasteiger partial charge in [0.05, 0.1) is 19.3 Å². The molecule has 0 aliphatic carbocycles. The second-order valence-corrected chi connectivity index (χ2v) is 6.77. The van der Waals surface area contributed by atoms with E-state index in [1.807, 2.05) is 24.0 Å². The Morgan fingerprint density at radius 2 is 1.80 bits per heavy atom. The number of likely N-dealkylation sites (N-methyl/N-ethyl adjacent to an activating group) is 1. The van der Waals surface area contributed by atoms with E-state index in [2.05, 4.69) is 10.6 Å². The molecule has 8 nitrogen and oxygen atoms in total. The van der Waals surface area contributed by atoms with Gasteiger partial charge in [0.15, 0.2) is 11.5 Å². The van der Waals surface area contributed by atoms with Crippen molar-refractivity contribution in [2.75, 3.05) is 50.6 Å². The van der Waals surface area contributed by atoms with E-state index < -0.39 is 0 Å². The summed E-state index contributed by atoms with van der Waals surface area (Å²) in [5.41, 5.74) is 1.28. The molecule has 2 amide bonds. The zero-order valence-corrected chi connectivity index (χ0v) is 17.3. The van der Waals surface area contributed by atoms with Crippen molar-refractivity contribution in [3.8, 4) is 17.2 Å². The maximum atomic E-state index is 12.4. The molecule has 1 aliphatic heterocycles. The van der Waals surface area contributed by atoms with Crippen LogP contribution in [0.1, 0.15) is 13.3 Å². The molecule has 160 valence electrons. The van der Waals surface area contributed by atoms with Crippen LogP contribution in [0, 0.1) is 0 Å². The molecule has 0 radical (unpaired) electrons. The number of ether oxygens (including phenoxy) is 3. The van der Waals surface area contributed by atoms with Crippen LogP contribution in [-0.2, 0) is 9.59 Å². The van der Waals surface area contributed by atoms with Gasteiger partial charge < -0.3 is 24.8 Å². The Kier molecular flexibility index (Phi) is 7.51. The van der Waals surface area contributed by atoms with E-state index in [-0.39, 0.29) is 24.8 Å². The summed E-state index contributed by atoms with van der Waals surface area (Å²) in [6.45, 7) is 4.27. The predicted octanol–water partition coefficient (Wildman–Crippen LogP) is 2.76. The van der Waals surface area contributed by atoms with Crippen LogP contribution in [-0.4, -0.2) is 56.7 Å². The minimum absolute atomic E-state index is 0.134. The number of nitrogens with one attached hydrogen (secondary N) is 2. The summed E-state index contributed by atoms with van der Waals surface area (Å²) in [6.07, 6.45) is 0.267. The van der Waals surface area contributed by atoms with Crippen molar-refractivity contribution in [2.24, 2.45) is 0 Å². The standard InChI is InChI=1S/C22H27N3O5/c1-3-25(11-10-21(26)24-17-6-4-5-7-18(17)28-2)15-22(27)23-16-8-9-19-20(14-16)30-13-12-29-19/h4-9,14H,3,10-13,15H2,1-2H3,(H,23,27)(H,24,26). The Balaban J connectivity index is 1.47. The van der Waals surface area contributed by atoms with Gasteiger partial charge in [-0.25, -0.2) is 0 Å². The molecule has 1 aliphatic rings. The van der Waals surface area contributed by atoms with E-state index in [9.17, 15) is 9.59 Å². The zero-order valence-electron chi connectivity index (χ0n) is 17.3. The van der Waals surface area contributed by atoms with Crippen LogP contribution in [0.15, 0.2) is 42.5 Å². The van der Waals surface area contributed by atoms with Crippen molar-refractivity contribution in [2.45, 2.75) is 13.3 Å². The lowest BCUT2D eigenvalue weighted by Gasteiger charge is -2.21. The minimum atomic E-state index is -0.154. The first-order chi connectivity index (χ1) is 14.6. The highest BCUT2D eigenvalue weighted by Crippen LogP contribution is 2.32. The van der Waals surface area contributed by atoms with Gasteiger partial charge in [-0.15, -0.1) is 0 Å². The second kappa shape index (κ2) is 10.5. The van der Waals surface area contributed by atoms with Gasteiger partial charge in [-0.2, -0.15) is 0 Å². The first kappa shape index (κ1) is 21.4. The average molecular weight is 413 g/mol. The number of benzene rings is 2. The van der Waals surface area contributed by atoms with Gasteiger partial charge in [0.25, 0.3) is 0 Å². The molecule has 8 heteroatoms. The normalized spacial score (nSPS) is 12.4. The maximum Gasteiger partial charge on any atom is 0.238 e. The average Bonchev–Trinajstić information content (AvgIpc) is 2.76. The number of hydrogen-bond donors (Lipinski definition) is 2. The lowest BCUT2D eigenvalue weighted by atomic mass is 10.2. The van der Waals surface area contributed by atoms with Gasteiger partial charge in [-0.05, 0) is 30.8 Å². The lowest BCUT2D eigenvalue weighted by molar-refractivity contribution is -0.119. The molecular formula is C22H27N3O5. The summed E-state index contributed by atoms with van der Waals surface area (Å²) < 4.78 is 16.3. The SMILES string of the molecule is CCN(CCC(=O)Nc1ccccc1OC)CC(=O)Nc1ccc2c(c1)OCCO2. The number of anilines is 2. The first-order valence-corrected chi connectivity index (χ1v) is 9.93. The number of amides is 2. The van der Waals surface area contributed by atoms with Gasteiger partial charge in [0, 0.05) is 24.7 Å². The molecule has 2 N–H and O–H groups in total. The third kappa shape index (κ3) is 5.87. The number of fused-ring (bicyclic) bond motifs is 1. The molecular weight excluding hydrogens is 386 g/mol. The first-order valence-electron chi connectivity index (χ1n) is 9.93. The quantitative estimate of drug-likeness (QED) is 0.657. The summed E-state index contributed by atoms with van der Waals surface area (Å²) in [5.74, 6) is 1.62. The van der Waals surface area contributed by atoms with Crippen molar-refractivity contribution in [3.05, 3.63) is 42.5 Å². The largest absolute Gasteiger partial charge is 0.495 e. The molecule has 30 heavy (non-hydrogen) atoms. The molecule has 3 rings (SSSR count). The number of rotatable bonds is 9. The fourth-order valence-corrected chi connectivity index (χ4v) is 3.09. The molecule has 0 spiro atoms. The highest BCUT2D eigenvalue weighted by atomic mass is 16.6. The molecule has 0 aromatic heterocycles. The summed E-state index contributed by atoms with van der Waals surface area (Å²) in [4.78, 5) is 26.6. The predicted molar refractivity (Wildman–Crippen MR) is 114 cm³/mol. The fraction of sp³-hybridized carbons (Fsp3) is 0.364. The van der Waals surface area contributed by atoms with Gasteiger partial charge >= 0.3 is 0 Å². The highest BCUT2D eigenvalue weighted by molar-refractivity contribution is 5.93. The second-order valence-electron chi connectivity index (χ2n) is 6.77. The topological polar surface area (TPSA) is 89.1 Å². The Bertz CT molecular complexity index is 887. The maximum absolute atomic E-state index is 12.4. The van der Waals surface area contributed by atoms with Crippen molar-refractivity contribution in [3.63, 3.8) is 0 Å². The number of carbonyl (C=O) groups excluding carboxylic acids is 2. The Morgan fingerprint density at radius 1 is 1.03 bits per heavy atom. The third-order valence-corrected chi connectivity index (χ3v) is 4.68. The van der Waals surface area contributed by atoms with Crippen LogP contribution < -0.4 is 24.8 Å². The van der Waals surface area contributed by atoms with E-state index in [4.69, 9.17) is 14.2 Å². The van der Waals surface area contributed by atoms with Crippen LogP contribution in [0.3, 0.4) is 0 Å². The Morgan fingerprint density at radius 3 is 2.57 bits per heavy atom. The molecule has 0 saturated carbocycles. The summed E-state index contributed by atoms with van der Waals surface area (Å²) in [6, 6.07) is 12.6. The monoisotopic (exact) mass is 413 g/mol. The van der Waals surface area contributed by atoms with Crippen LogP contribution in [0.25, 0.3) is 0 Å². The summed E-state index contributed by atoms with van der Waals surface area (Å²) in [7, 11) is 1.56. The van der Waals surface area contributed by atoms with Crippen molar-refractivity contribution >= 4 is 23.2 Å². The van der Waals surface area contributed by atoms with Crippen molar-refractivity contribution in [1.29, 1.82) is 0 Å². The van der Waals surface area contributed by atoms with E-state index in [0.29, 0.717) is 54.9 Å². The fourth-order valence-electron chi connectivity index (χ4n) is 3.09. The summed E-state index contributed by atoms with van der Waals surface area (Å²) >= 11 is 0. The molecule has 0 bridgehead atoms. The molecule has 0 atom stereocenters. The minimum Gasteiger partial charge on any atom is -0.495 e. The van der Waals surface area contributed by atoms with Gasteiger partial charge in [0.2, 0.25) is 11.8 Å². The van der Waals surface area contributed by atoms with Crippen LogP contribution in [0.2, 0.25) is 0 Å². The van der Waals surface area contributed by atoms with Crippen LogP contribution >= 0.6 is 0 Å². The lowest BCUT2D eigenvalue weighted by Crippen LogP contribution is -2.35. The van der Waals surface area contributed by atoms with Gasteiger partial charge in [-0.3, -0.25) is 14.5 Å². The number of para-hydroxylation sites is 2. The van der Waals surface area contributed by atoms with Crippen molar-refractivity contribution < 1.29 is 23.8 Å². The van der Waals surface area contributed by atoms with Crippen molar-refractivity contribution in [1.82, 2.24) is 4.90 Å². The highest BCUT2D eigenvalue weighted by Gasteiger charge is 2.15. The van der Waals surface area contributed by atoms with Gasteiger partial charge in [0.1, 0.15) is 19.0 Å². The molecule has 0 unspecified atom stereocenters. The van der Waals surface area contributed by atoms with E-state index >= 15 is 0 Å². The molecule has 2 aromatic rings. The van der Waals surface area contributed by atoms with E-state index in [1.54, 1.807) is 37.4 Å². The molecule has 1 heterocycles. The number of methoxy groups -OCH3 is 1.